The topological polar surface area (TPSA) is 88.7 Å². The van der Waals surface area contributed by atoms with Gasteiger partial charge >= 0.3 is 6.09 Å². The Balaban J connectivity index is 1.23. The van der Waals surface area contributed by atoms with Gasteiger partial charge in [-0.25, -0.2) is 9.78 Å². The highest BCUT2D eigenvalue weighted by molar-refractivity contribution is 7.99. The first kappa shape index (κ1) is 20.2. The van der Waals surface area contributed by atoms with Gasteiger partial charge in [-0.3, -0.25) is 5.32 Å². The van der Waals surface area contributed by atoms with Crippen LogP contribution in [0.1, 0.15) is 12.8 Å². The molecule has 0 unspecified atom stereocenters. The first-order valence-electron chi connectivity index (χ1n) is 10.3. The number of methoxy groups -OCH3 is 1. The summed E-state index contributed by atoms with van der Waals surface area (Å²) in [5, 5.41) is 2.55. The van der Waals surface area contributed by atoms with Crippen molar-refractivity contribution in [3.63, 3.8) is 0 Å². The van der Waals surface area contributed by atoms with Gasteiger partial charge in [0.05, 0.1) is 31.4 Å². The molecule has 1 spiro atoms. The normalized spacial score (nSPS) is 17.9. The number of imidazole rings is 1. The molecule has 2 fully saturated rings. The van der Waals surface area contributed by atoms with Gasteiger partial charge in [0, 0.05) is 41.4 Å². The van der Waals surface area contributed by atoms with Gasteiger partial charge in [0.25, 0.3) is 0 Å². The Bertz CT molecular complexity index is 1070. The van der Waals surface area contributed by atoms with E-state index in [1.807, 2.05) is 18.2 Å². The minimum Gasteiger partial charge on any atom is -0.453 e. The van der Waals surface area contributed by atoms with Crippen LogP contribution in [0.15, 0.2) is 52.3 Å². The molecule has 1 amide bonds. The molecule has 2 saturated heterocycles. The third kappa shape index (κ3) is 4.34. The molecular weight excluding hydrogens is 416 g/mol. The highest BCUT2D eigenvalue weighted by atomic mass is 32.2. The lowest BCUT2D eigenvalue weighted by molar-refractivity contribution is -0.169. The van der Waals surface area contributed by atoms with Gasteiger partial charge in [-0.1, -0.05) is 11.8 Å². The Hall–Kier alpha value is -2.75. The Morgan fingerprint density at radius 1 is 1.13 bits per heavy atom. The van der Waals surface area contributed by atoms with E-state index in [-0.39, 0.29) is 5.79 Å². The molecule has 8 nitrogen and oxygen atoms in total. The van der Waals surface area contributed by atoms with Crippen LogP contribution in [0.3, 0.4) is 0 Å². The fourth-order valence-corrected chi connectivity index (χ4v) is 4.86. The van der Waals surface area contributed by atoms with Gasteiger partial charge in [0.1, 0.15) is 0 Å². The largest absolute Gasteiger partial charge is 0.453 e. The third-order valence-electron chi connectivity index (χ3n) is 5.64. The van der Waals surface area contributed by atoms with Crippen LogP contribution >= 0.6 is 11.8 Å². The molecule has 2 aliphatic rings. The zero-order valence-electron chi connectivity index (χ0n) is 17.2. The van der Waals surface area contributed by atoms with E-state index >= 15 is 0 Å². The van der Waals surface area contributed by atoms with Crippen molar-refractivity contribution in [1.82, 2.24) is 9.97 Å². The maximum Gasteiger partial charge on any atom is 0.413 e. The number of carbonyl (C=O) groups excluding carboxylic acids is 1. The number of hydrogen-bond donors (Lipinski definition) is 2. The average molecular weight is 441 g/mol. The summed E-state index contributed by atoms with van der Waals surface area (Å²) < 4.78 is 16.2. The lowest BCUT2D eigenvalue weighted by atomic mass is 10.0. The van der Waals surface area contributed by atoms with Crippen LogP contribution in [-0.2, 0) is 14.2 Å². The number of fused-ring (bicyclic) bond motifs is 1. The highest BCUT2D eigenvalue weighted by Gasteiger charge is 2.39. The number of ether oxygens (including phenoxy) is 3. The van der Waals surface area contributed by atoms with Gasteiger partial charge in [0.15, 0.2) is 5.79 Å². The van der Waals surface area contributed by atoms with E-state index in [1.54, 1.807) is 11.8 Å². The quantitative estimate of drug-likeness (QED) is 0.627. The first-order chi connectivity index (χ1) is 15.1. The predicted molar refractivity (Wildman–Crippen MR) is 119 cm³/mol. The van der Waals surface area contributed by atoms with E-state index < -0.39 is 6.09 Å². The fraction of sp³-hybridized carbons (Fsp3) is 0.364. The van der Waals surface area contributed by atoms with Gasteiger partial charge in [-0.05, 0) is 42.5 Å². The van der Waals surface area contributed by atoms with Crippen molar-refractivity contribution in [3.8, 4) is 0 Å². The molecule has 9 heteroatoms. The molecule has 0 saturated carbocycles. The van der Waals surface area contributed by atoms with E-state index in [4.69, 9.17) is 9.47 Å². The number of anilines is 2. The molecule has 5 rings (SSSR count). The maximum absolute atomic E-state index is 11.4. The molecule has 3 aromatic rings. The molecule has 3 heterocycles. The Labute approximate surface area is 184 Å². The van der Waals surface area contributed by atoms with Crippen LogP contribution in [0, 0.1) is 0 Å². The summed E-state index contributed by atoms with van der Waals surface area (Å²) in [6, 6.07) is 14.6. The van der Waals surface area contributed by atoms with Crippen LogP contribution < -0.4 is 10.2 Å². The summed E-state index contributed by atoms with van der Waals surface area (Å²) >= 11 is 1.68. The lowest BCUT2D eigenvalue weighted by Gasteiger charge is -2.38. The van der Waals surface area contributed by atoms with Crippen LogP contribution in [0.4, 0.5) is 16.4 Å². The lowest BCUT2D eigenvalue weighted by Crippen LogP contribution is -2.45. The highest BCUT2D eigenvalue weighted by Crippen LogP contribution is 2.35. The molecular formula is C22H24N4O4S. The zero-order chi connectivity index (χ0) is 21.3. The van der Waals surface area contributed by atoms with Crippen molar-refractivity contribution in [3.05, 3.63) is 42.5 Å². The third-order valence-corrected chi connectivity index (χ3v) is 6.63. The van der Waals surface area contributed by atoms with Gasteiger partial charge < -0.3 is 24.1 Å². The van der Waals surface area contributed by atoms with Crippen molar-refractivity contribution in [2.45, 2.75) is 28.4 Å². The minimum absolute atomic E-state index is 0.344. The summed E-state index contributed by atoms with van der Waals surface area (Å²) in [7, 11) is 1.32. The molecule has 2 aliphatic heterocycles. The molecule has 2 aromatic carbocycles. The number of nitrogens with one attached hydrogen (secondary N) is 2. The second kappa shape index (κ2) is 8.41. The number of aromatic nitrogens is 2. The van der Waals surface area contributed by atoms with Crippen molar-refractivity contribution < 1.29 is 19.0 Å². The fourth-order valence-electron chi connectivity index (χ4n) is 4.01. The zero-order valence-corrected chi connectivity index (χ0v) is 18.0. The summed E-state index contributed by atoms with van der Waals surface area (Å²) in [6.07, 6.45) is 1.25. The van der Waals surface area contributed by atoms with Gasteiger partial charge in [-0.2, -0.15) is 0 Å². The first-order valence-corrected chi connectivity index (χ1v) is 11.1. The number of hydrogen-bond acceptors (Lipinski definition) is 7. The number of piperidine rings is 1. The van der Waals surface area contributed by atoms with E-state index in [1.165, 1.54) is 12.8 Å². The molecule has 0 radical (unpaired) electrons. The SMILES string of the molecule is COC(=O)Nc1nc2cc(Sc3ccc(N4CCC5(CC4)OCCO5)cc3)ccc2[nH]1. The molecule has 31 heavy (non-hydrogen) atoms. The van der Waals surface area contributed by atoms with Crippen LogP contribution in [-0.4, -0.2) is 55.3 Å². The number of carbonyl (C=O) groups is 1. The van der Waals surface area contributed by atoms with Crippen molar-refractivity contribution in [1.29, 1.82) is 0 Å². The smallest absolute Gasteiger partial charge is 0.413 e. The predicted octanol–water partition coefficient (Wildman–Crippen LogP) is 4.24. The van der Waals surface area contributed by atoms with Crippen LogP contribution in [0.5, 0.6) is 0 Å². The summed E-state index contributed by atoms with van der Waals surface area (Å²) in [6.45, 7) is 3.28. The second-order valence-corrected chi connectivity index (χ2v) is 8.72. The van der Waals surface area contributed by atoms with Gasteiger partial charge in [-0.15, -0.1) is 0 Å². The number of benzene rings is 2. The van der Waals surface area contributed by atoms with Crippen molar-refractivity contribution >= 4 is 40.5 Å². The van der Waals surface area contributed by atoms with Crippen LogP contribution in [0.25, 0.3) is 11.0 Å². The standard InChI is InChI=1S/C22H24N4O4S/c1-28-21(27)25-20-23-18-7-6-17(14-19(18)24-20)31-16-4-2-15(3-5-16)26-10-8-22(9-11-26)29-12-13-30-22/h2-7,14H,8-13H2,1H3,(H2,23,24,25,27). The second-order valence-electron chi connectivity index (χ2n) is 7.57. The van der Waals surface area contributed by atoms with E-state index in [0.717, 1.165) is 46.8 Å². The van der Waals surface area contributed by atoms with Gasteiger partial charge in [0.2, 0.25) is 5.95 Å². The number of amides is 1. The molecule has 1 aromatic heterocycles. The summed E-state index contributed by atoms with van der Waals surface area (Å²) in [5.41, 5.74) is 2.86. The van der Waals surface area contributed by atoms with E-state index in [2.05, 4.69) is 49.2 Å². The molecule has 2 N–H and O–H groups in total. The maximum atomic E-state index is 11.4. The molecule has 162 valence electrons. The summed E-state index contributed by atoms with van der Waals surface area (Å²) in [5.74, 6) is 0.0220. The van der Waals surface area contributed by atoms with Crippen molar-refractivity contribution in [2.75, 3.05) is 43.6 Å². The summed E-state index contributed by atoms with van der Waals surface area (Å²) in [4.78, 5) is 23.4. The van der Waals surface area contributed by atoms with E-state index in [9.17, 15) is 4.79 Å². The number of aromatic amines is 1. The minimum atomic E-state index is -0.555. The molecule has 0 bridgehead atoms. The monoisotopic (exact) mass is 440 g/mol. The molecule has 0 atom stereocenters. The number of H-pyrrole nitrogens is 1. The number of rotatable bonds is 4. The number of nitrogens with zero attached hydrogens (tertiary/aromatic N) is 2. The van der Waals surface area contributed by atoms with Crippen molar-refractivity contribution in [2.24, 2.45) is 0 Å². The Morgan fingerprint density at radius 2 is 1.84 bits per heavy atom. The van der Waals surface area contributed by atoms with E-state index in [0.29, 0.717) is 19.2 Å². The Kier molecular flexibility index (Phi) is 5.47. The van der Waals surface area contributed by atoms with Crippen LogP contribution in [0.2, 0.25) is 0 Å². The average Bonchev–Trinajstić information content (AvgIpc) is 3.41. The Morgan fingerprint density at radius 3 is 2.55 bits per heavy atom. The molecule has 0 aliphatic carbocycles.